The molecule has 6 nitrogen and oxygen atoms in total. The van der Waals surface area contributed by atoms with Crippen LogP contribution in [-0.2, 0) is 9.59 Å². The zero-order valence-electron chi connectivity index (χ0n) is 15.6. The Morgan fingerprint density at radius 1 is 1.34 bits per heavy atom. The van der Waals surface area contributed by atoms with E-state index >= 15 is 0 Å². The van der Waals surface area contributed by atoms with E-state index in [0.717, 1.165) is 17.3 Å². The molecule has 29 heavy (non-hydrogen) atoms. The van der Waals surface area contributed by atoms with E-state index in [1.165, 1.54) is 7.11 Å². The van der Waals surface area contributed by atoms with Gasteiger partial charge in [-0.3, -0.25) is 9.59 Å². The molecule has 0 saturated heterocycles. The molecule has 1 aliphatic heterocycles. The Balaban J connectivity index is 1.78. The lowest BCUT2D eigenvalue weighted by Crippen LogP contribution is -2.31. The number of ether oxygens (including phenoxy) is 1. The van der Waals surface area contributed by atoms with Gasteiger partial charge in [0.15, 0.2) is 0 Å². The van der Waals surface area contributed by atoms with E-state index in [0.29, 0.717) is 27.1 Å². The minimum absolute atomic E-state index is 0.0613. The maximum Gasteiger partial charge on any atom is 0.234 e. The van der Waals surface area contributed by atoms with Gasteiger partial charge in [0.05, 0.1) is 34.6 Å². The second-order valence-corrected chi connectivity index (χ2v) is 7.65. The molecule has 0 aliphatic carbocycles. The lowest BCUT2D eigenvalue weighted by atomic mass is 9.87. The van der Waals surface area contributed by atoms with Crippen LogP contribution in [0.15, 0.2) is 59.1 Å². The van der Waals surface area contributed by atoms with E-state index in [4.69, 9.17) is 16.3 Å². The summed E-state index contributed by atoms with van der Waals surface area (Å²) in [4.78, 5) is 24.5. The van der Waals surface area contributed by atoms with Crippen molar-refractivity contribution in [3.05, 3.63) is 69.7 Å². The highest BCUT2D eigenvalue weighted by molar-refractivity contribution is 8.03. The van der Waals surface area contributed by atoms with Crippen molar-refractivity contribution in [2.45, 2.75) is 12.3 Å². The number of nitrogens with zero attached hydrogens (tertiary/aromatic N) is 1. The maximum atomic E-state index is 12.2. The summed E-state index contributed by atoms with van der Waals surface area (Å²) in [7, 11) is 1.52. The number of anilines is 1. The van der Waals surface area contributed by atoms with Gasteiger partial charge in [-0.05, 0) is 29.8 Å². The summed E-state index contributed by atoms with van der Waals surface area (Å²) in [5.41, 5.74) is 1.84. The minimum Gasteiger partial charge on any atom is -0.495 e. The van der Waals surface area contributed by atoms with E-state index in [2.05, 4.69) is 16.7 Å². The molecule has 0 radical (unpaired) electrons. The first kappa shape index (κ1) is 20.8. The largest absolute Gasteiger partial charge is 0.495 e. The first-order chi connectivity index (χ1) is 14.0. The van der Waals surface area contributed by atoms with Gasteiger partial charge < -0.3 is 15.4 Å². The topological polar surface area (TPSA) is 91.2 Å². The van der Waals surface area contributed by atoms with Crippen LogP contribution >= 0.6 is 23.4 Å². The third-order valence-electron chi connectivity index (χ3n) is 4.34. The van der Waals surface area contributed by atoms with Crippen molar-refractivity contribution in [3.63, 3.8) is 0 Å². The van der Waals surface area contributed by atoms with Crippen LogP contribution in [0.5, 0.6) is 5.75 Å². The second-order valence-electron chi connectivity index (χ2n) is 6.26. The van der Waals surface area contributed by atoms with Gasteiger partial charge in [0, 0.05) is 18.0 Å². The summed E-state index contributed by atoms with van der Waals surface area (Å²) >= 11 is 7.34. The lowest BCUT2D eigenvalue weighted by molar-refractivity contribution is -0.121. The molecule has 1 aliphatic rings. The Hall–Kier alpha value is -2.95. The van der Waals surface area contributed by atoms with Crippen LogP contribution in [0.1, 0.15) is 17.9 Å². The Bertz CT molecular complexity index is 1000. The molecule has 2 aromatic rings. The van der Waals surface area contributed by atoms with Crippen LogP contribution in [0.4, 0.5) is 5.69 Å². The predicted molar refractivity (Wildman–Crippen MR) is 114 cm³/mol. The van der Waals surface area contributed by atoms with Gasteiger partial charge in [0.2, 0.25) is 11.8 Å². The molecule has 148 valence electrons. The molecule has 0 spiro atoms. The van der Waals surface area contributed by atoms with Crippen LogP contribution < -0.4 is 15.4 Å². The molecule has 8 heteroatoms. The number of hydrogen-bond acceptors (Lipinski definition) is 5. The number of benzene rings is 2. The molecular weight excluding hydrogens is 410 g/mol. The Morgan fingerprint density at radius 2 is 2.10 bits per heavy atom. The summed E-state index contributed by atoms with van der Waals surface area (Å²) in [6, 6.07) is 16.5. The lowest BCUT2D eigenvalue weighted by Gasteiger charge is -2.25. The van der Waals surface area contributed by atoms with E-state index in [1.807, 2.05) is 18.2 Å². The fourth-order valence-corrected chi connectivity index (χ4v) is 4.12. The average molecular weight is 428 g/mol. The molecule has 0 bridgehead atoms. The van der Waals surface area contributed by atoms with Crippen LogP contribution in [0.25, 0.3) is 0 Å². The number of amides is 2. The molecule has 0 saturated carbocycles. The SMILES string of the molecule is COc1ccc([C@H]2CC(=O)NC(SCC(=O)Nc3ccccc3)=C2C#N)cc1Cl. The summed E-state index contributed by atoms with van der Waals surface area (Å²) in [5.74, 6) is -0.296. The van der Waals surface area contributed by atoms with Crippen molar-refractivity contribution in [3.8, 4) is 11.8 Å². The normalized spacial score (nSPS) is 16.0. The monoisotopic (exact) mass is 427 g/mol. The van der Waals surface area contributed by atoms with Gasteiger partial charge in [0.25, 0.3) is 0 Å². The van der Waals surface area contributed by atoms with E-state index in [9.17, 15) is 14.9 Å². The number of hydrogen-bond donors (Lipinski definition) is 2. The quantitative estimate of drug-likeness (QED) is 0.725. The van der Waals surface area contributed by atoms with Crippen molar-refractivity contribution in [1.29, 1.82) is 5.26 Å². The zero-order valence-corrected chi connectivity index (χ0v) is 17.1. The highest BCUT2D eigenvalue weighted by Crippen LogP contribution is 2.38. The van der Waals surface area contributed by atoms with Crippen molar-refractivity contribution in [1.82, 2.24) is 5.32 Å². The van der Waals surface area contributed by atoms with E-state index < -0.39 is 5.92 Å². The Kier molecular flexibility index (Phi) is 6.81. The van der Waals surface area contributed by atoms with Crippen molar-refractivity contribution in [2.24, 2.45) is 0 Å². The number of para-hydroxylation sites is 1. The van der Waals surface area contributed by atoms with Gasteiger partial charge in [-0.2, -0.15) is 5.26 Å². The number of allylic oxidation sites excluding steroid dienone is 1. The molecule has 2 aromatic carbocycles. The molecule has 2 amide bonds. The van der Waals surface area contributed by atoms with Crippen LogP contribution in [0.2, 0.25) is 5.02 Å². The van der Waals surface area contributed by atoms with E-state index in [1.54, 1.807) is 30.3 Å². The highest BCUT2D eigenvalue weighted by Gasteiger charge is 2.30. The van der Waals surface area contributed by atoms with Crippen molar-refractivity contribution in [2.75, 3.05) is 18.2 Å². The van der Waals surface area contributed by atoms with Gasteiger partial charge in [-0.15, -0.1) is 0 Å². The number of halogens is 1. The van der Waals surface area contributed by atoms with Crippen LogP contribution in [0.3, 0.4) is 0 Å². The maximum absolute atomic E-state index is 12.2. The molecule has 3 rings (SSSR count). The molecule has 0 unspecified atom stereocenters. The first-order valence-corrected chi connectivity index (χ1v) is 10.1. The number of nitriles is 1. The second kappa shape index (κ2) is 9.50. The summed E-state index contributed by atoms with van der Waals surface area (Å²) < 4.78 is 5.16. The minimum atomic E-state index is -0.433. The fourth-order valence-electron chi connectivity index (χ4n) is 2.97. The van der Waals surface area contributed by atoms with Crippen molar-refractivity contribution >= 4 is 40.9 Å². The number of rotatable bonds is 6. The van der Waals surface area contributed by atoms with Gasteiger partial charge in [-0.25, -0.2) is 0 Å². The third kappa shape index (κ3) is 5.11. The van der Waals surface area contributed by atoms with Gasteiger partial charge >= 0.3 is 0 Å². The number of carbonyl (C=O) groups is 2. The number of methoxy groups -OCH3 is 1. The summed E-state index contributed by atoms with van der Waals surface area (Å²) in [5, 5.41) is 16.0. The van der Waals surface area contributed by atoms with Crippen LogP contribution in [-0.4, -0.2) is 24.7 Å². The van der Waals surface area contributed by atoms with Crippen molar-refractivity contribution < 1.29 is 14.3 Å². The molecule has 1 atom stereocenters. The van der Waals surface area contributed by atoms with Gasteiger partial charge in [0.1, 0.15) is 5.75 Å². The number of thioether (sulfide) groups is 1. The molecule has 0 fully saturated rings. The summed E-state index contributed by atoms with van der Waals surface area (Å²) in [6.07, 6.45) is 0.131. The smallest absolute Gasteiger partial charge is 0.234 e. The van der Waals surface area contributed by atoms with Crippen LogP contribution in [0, 0.1) is 11.3 Å². The van der Waals surface area contributed by atoms with Gasteiger partial charge in [-0.1, -0.05) is 47.6 Å². The van der Waals surface area contributed by atoms with E-state index in [-0.39, 0.29) is 24.0 Å². The summed E-state index contributed by atoms with van der Waals surface area (Å²) in [6.45, 7) is 0. The first-order valence-electron chi connectivity index (χ1n) is 8.77. The zero-order chi connectivity index (χ0) is 20.8. The fraction of sp³-hybridized carbons (Fsp3) is 0.190. The third-order valence-corrected chi connectivity index (χ3v) is 5.65. The molecule has 2 N–H and O–H groups in total. The Labute approximate surface area is 177 Å². The standard InChI is InChI=1S/C21H18ClN3O3S/c1-28-18-8-7-13(9-17(18)22)15-10-19(26)25-21(16(15)11-23)29-12-20(27)24-14-5-3-2-4-6-14/h2-9,15H,10,12H2,1H3,(H,24,27)(H,25,26)/t15-/m1/s1. The molecule has 0 aromatic heterocycles. The average Bonchev–Trinajstić information content (AvgIpc) is 2.72. The number of carbonyl (C=O) groups excluding carboxylic acids is 2. The number of nitrogens with one attached hydrogen (secondary N) is 2. The highest BCUT2D eigenvalue weighted by atomic mass is 35.5. The molecule has 1 heterocycles. The predicted octanol–water partition coefficient (Wildman–Crippen LogP) is 4.06. The Morgan fingerprint density at radius 3 is 2.76 bits per heavy atom. The molecular formula is C21H18ClN3O3S.